The molecule has 0 atom stereocenters. The maximum atomic E-state index is 12.4. The van der Waals surface area contributed by atoms with Crippen LogP contribution in [0.25, 0.3) is 22.3 Å². The number of nitrogens with one attached hydrogen (secondary N) is 1. The van der Waals surface area contributed by atoms with E-state index in [1.165, 1.54) is 4.90 Å². The van der Waals surface area contributed by atoms with E-state index in [0.29, 0.717) is 24.4 Å². The van der Waals surface area contributed by atoms with Gasteiger partial charge in [-0.2, -0.15) is 13.2 Å². The highest BCUT2D eigenvalue weighted by atomic mass is 19.4. The van der Waals surface area contributed by atoms with Crippen LogP contribution in [-0.4, -0.2) is 65.2 Å². The van der Waals surface area contributed by atoms with Gasteiger partial charge < -0.3 is 15.1 Å². The van der Waals surface area contributed by atoms with E-state index in [4.69, 9.17) is 0 Å². The number of carbonyl (C=O) groups is 1. The summed E-state index contributed by atoms with van der Waals surface area (Å²) in [5.41, 5.74) is 4.04. The molecule has 1 saturated heterocycles. The topological polar surface area (TPSA) is 74.2 Å². The Hall–Kier alpha value is -3.43. The van der Waals surface area contributed by atoms with Gasteiger partial charge in [0.25, 0.3) is 0 Å². The largest absolute Gasteiger partial charge is 0.397 e. The van der Waals surface area contributed by atoms with Crippen molar-refractivity contribution in [2.45, 2.75) is 12.6 Å². The third-order valence-corrected chi connectivity index (χ3v) is 5.21. The van der Waals surface area contributed by atoms with Crippen molar-refractivity contribution in [1.29, 1.82) is 0 Å². The van der Waals surface area contributed by atoms with Crippen LogP contribution in [0.15, 0.2) is 42.7 Å². The number of piperazine rings is 1. The van der Waals surface area contributed by atoms with Crippen LogP contribution < -0.4 is 10.2 Å². The Morgan fingerprint density at radius 1 is 1.06 bits per heavy atom. The van der Waals surface area contributed by atoms with E-state index in [2.05, 4.69) is 25.2 Å². The Labute approximate surface area is 176 Å². The minimum Gasteiger partial charge on any atom is -0.371 e. The lowest BCUT2D eigenvalue weighted by atomic mass is 10.1. The van der Waals surface area contributed by atoms with Crippen molar-refractivity contribution >= 4 is 28.4 Å². The van der Waals surface area contributed by atoms with Gasteiger partial charge in [-0.1, -0.05) is 12.1 Å². The maximum absolute atomic E-state index is 12.4. The second-order valence-electron chi connectivity index (χ2n) is 7.24. The van der Waals surface area contributed by atoms with E-state index >= 15 is 0 Å². The number of hydrogen-bond donors (Lipinski definition) is 1. The molecule has 0 saturated carbocycles. The van der Waals surface area contributed by atoms with Crippen LogP contribution in [-0.2, 0) is 4.79 Å². The zero-order chi connectivity index (χ0) is 22.0. The van der Waals surface area contributed by atoms with Crippen molar-refractivity contribution in [2.75, 3.05) is 43.4 Å². The number of benzene rings is 1. The lowest BCUT2D eigenvalue weighted by molar-refractivity contribution is -0.161. The van der Waals surface area contributed by atoms with E-state index in [-0.39, 0.29) is 13.1 Å². The molecule has 1 aromatic carbocycles. The number of pyridine rings is 1. The van der Waals surface area contributed by atoms with Gasteiger partial charge in [0.1, 0.15) is 11.9 Å². The summed E-state index contributed by atoms with van der Waals surface area (Å²) >= 11 is 0. The first kappa shape index (κ1) is 20.8. The van der Waals surface area contributed by atoms with Crippen LogP contribution in [0.1, 0.15) is 6.42 Å². The molecule has 3 aromatic rings. The summed E-state index contributed by atoms with van der Waals surface area (Å²) in [7, 11) is 1.78. The Morgan fingerprint density at radius 2 is 1.74 bits per heavy atom. The first-order chi connectivity index (χ1) is 14.8. The summed E-state index contributed by atoms with van der Waals surface area (Å²) < 4.78 is 37.3. The molecule has 0 radical (unpaired) electrons. The van der Waals surface area contributed by atoms with Gasteiger partial charge in [0.15, 0.2) is 5.82 Å². The van der Waals surface area contributed by atoms with Crippen LogP contribution >= 0.6 is 0 Å². The Bertz CT molecular complexity index is 1080. The molecule has 2 aromatic heterocycles. The van der Waals surface area contributed by atoms with E-state index in [1.54, 1.807) is 19.4 Å². The molecule has 0 aliphatic carbocycles. The van der Waals surface area contributed by atoms with Crippen LogP contribution in [0.5, 0.6) is 0 Å². The lowest BCUT2D eigenvalue weighted by Crippen LogP contribution is -2.49. The van der Waals surface area contributed by atoms with Gasteiger partial charge >= 0.3 is 6.18 Å². The van der Waals surface area contributed by atoms with Gasteiger partial charge in [0.05, 0.1) is 11.2 Å². The van der Waals surface area contributed by atoms with Crippen molar-refractivity contribution in [3.8, 4) is 11.3 Å². The zero-order valence-electron chi connectivity index (χ0n) is 16.9. The highest BCUT2D eigenvalue weighted by Gasteiger charge is 2.34. The Balaban J connectivity index is 1.46. The third-order valence-electron chi connectivity index (χ3n) is 5.21. The molecule has 0 unspecified atom stereocenters. The fourth-order valence-electron chi connectivity index (χ4n) is 3.63. The second-order valence-corrected chi connectivity index (χ2v) is 7.24. The smallest absolute Gasteiger partial charge is 0.371 e. The molecule has 10 heteroatoms. The Morgan fingerprint density at radius 3 is 2.39 bits per heavy atom. The highest BCUT2D eigenvalue weighted by molar-refractivity contribution is 5.88. The Kier molecular flexibility index (Phi) is 5.62. The summed E-state index contributed by atoms with van der Waals surface area (Å²) in [6.07, 6.45) is -2.62. The maximum Gasteiger partial charge on any atom is 0.397 e. The molecule has 1 amide bonds. The van der Waals surface area contributed by atoms with E-state index in [1.807, 2.05) is 30.3 Å². The molecule has 1 aliphatic rings. The van der Waals surface area contributed by atoms with Gasteiger partial charge in [-0.15, -0.1) is 0 Å². The average molecular weight is 430 g/mol. The van der Waals surface area contributed by atoms with Crippen LogP contribution in [0.2, 0.25) is 0 Å². The van der Waals surface area contributed by atoms with Crippen molar-refractivity contribution in [3.05, 3.63) is 42.7 Å². The van der Waals surface area contributed by atoms with Gasteiger partial charge in [-0.25, -0.2) is 9.97 Å². The zero-order valence-corrected chi connectivity index (χ0v) is 16.9. The number of nitrogens with zero attached hydrogens (tertiary/aromatic N) is 5. The molecule has 0 bridgehead atoms. The summed E-state index contributed by atoms with van der Waals surface area (Å²) in [4.78, 5) is 28.4. The number of rotatable bonds is 4. The van der Waals surface area contributed by atoms with Gasteiger partial charge in [-0.05, 0) is 18.2 Å². The average Bonchev–Trinajstić information content (AvgIpc) is 2.77. The number of halogens is 3. The minimum atomic E-state index is -4.47. The normalized spacial score (nSPS) is 14.7. The predicted octanol–water partition coefficient (Wildman–Crippen LogP) is 3.33. The van der Waals surface area contributed by atoms with Gasteiger partial charge in [-0.3, -0.25) is 9.78 Å². The molecule has 1 fully saturated rings. The van der Waals surface area contributed by atoms with Crippen molar-refractivity contribution in [1.82, 2.24) is 19.9 Å². The summed E-state index contributed by atoms with van der Waals surface area (Å²) in [6, 6.07) is 9.67. The summed E-state index contributed by atoms with van der Waals surface area (Å²) in [5, 5.41) is 3.05. The molecular weight excluding hydrogens is 409 g/mol. The van der Waals surface area contributed by atoms with Crippen LogP contribution in [0.3, 0.4) is 0 Å². The number of carbonyl (C=O) groups excluding carboxylic acids is 1. The number of amides is 1. The monoisotopic (exact) mass is 430 g/mol. The summed E-state index contributed by atoms with van der Waals surface area (Å²) in [6.45, 7) is 1.51. The fourth-order valence-corrected chi connectivity index (χ4v) is 3.63. The summed E-state index contributed by atoms with van der Waals surface area (Å²) in [5.74, 6) is -0.224. The molecule has 4 rings (SSSR count). The van der Waals surface area contributed by atoms with Crippen LogP contribution in [0.4, 0.5) is 24.7 Å². The number of anilines is 2. The second kappa shape index (κ2) is 8.37. The molecular formula is C21H21F3N6O. The van der Waals surface area contributed by atoms with Crippen molar-refractivity contribution in [2.24, 2.45) is 0 Å². The van der Waals surface area contributed by atoms with Crippen LogP contribution in [0, 0.1) is 0 Å². The lowest BCUT2D eigenvalue weighted by Gasteiger charge is -2.36. The number of hydrogen-bond acceptors (Lipinski definition) is 6. The standard InChI is InChI=1S/C21H21F3N6O/c1-25-20-19-17(26-6-7-27-19)12-16(28-20)14-2-4-15(5-3-14)29-8-10-30(11-9-29)18(31)13-21(22,23)24/h2-7,12H,8-11,13H2,1H3,(H,25,28). The molecule has 0 spiro atoms. The fraction of sp³-hybridized carbons (Fsp3) is 0.333. The van der Waals surface area contributed by atoms with E-state index in [0.717, 1.165) is 22.5 Å². The number of fused-ring (bicyclic) bond motifs is 1. The van der Waals surface area contributed by atoms with Gasteiger partial charge in [0.2, 0.25) is 5.91 Å². The third kappa shape index (κ3) is 4.68. The molecule has 1 N–H and O–H groups in total. The first-order valence-corrected chi connectivity index (χ1v) is 9.83. The molecule has 31 heavy (non-hydrogen) atoms. The SMILES string of the molecule is CNc1nc(-c2ccc(N3CCN(C(=O)CC(F)(F)F)CC3)cc2)cc2nccnc12. The predicted molar refractivity (Wildman–Crippen MR) is 112 cm³/mol. The molecule has 7 nitrogen and oxygen atoms in total. The highest BCUT2D eigenvalue weighted by Crippen LogP contribution is 2.27. The first-order valence-electron chi connectivity index (χ1n) is 9.83. The van der Waals surface area contributed by atoms with E-state index < -0.39 is 18.5 Å². The van der Waals surface area contributed by atoms with Crippen molar-refractivity contribution in [3.63, 3.8) is 0 Å². The van der Waals surface area contributed by atoms with E-state index in [9.17, 15) is 18.0 Å². The quantitative estimate of drug-likeness (QED) is 0.685. The van der Waals surface area contributed by atoms with Gasteiger partial charge in [0, 0.05) is 56.9 Å². The van der Waals surface area contributed by atoms with Crippen molar-refractivity contribution < 1.29 is 18.0 Å². The minimum absolute atomic E-state index is 0.271. The number of alkyl halides is 3. The number of aromatic nitrogens is 3. The molecule has 1 aliphatic heterocycles. The molecule has 3 heterocycles. The molecule has 162 valence electrons.